The molecule has 2 aromatic rings. The second-order valence-corrected chi connectivity index (χ2v) is 5.82. The lowest BCUT2D eigenvalue weighted by molar-refractivity contribution is 0.721. The highest BCUT2D eigenvalue weighted by molar-refractivity contribution is 6.36. The van der Waals surface area contributed by atoms with Crippen LogP contribution in [0.2, 0.25) is 10.0 Å². The van der Waals surface area contributed by atoms with E-state index in [4.69, 9.17) is 28.9 Å². The van der Waals surface area contributed by atoms with E-state index in [2.05, 4.69) is 31.2 Å². The Morgan fingerprint density at radius 1 is 1.00 bits per heavy atom. The Hall–Kier alpha value is -1.02. The molecule has 0 amide bonds. The van der Waals surface area contributed by atoms with E-state index in [0.29, 0.717) is 16.5 Å². The molecular weight excluding hydrogens is 289 g/mol. The fourth-order valence-electron chi connectivity index (χ4n) is 2.29. The van der Waals surface area contributed by atoms with Gasteiger partial charge in [-0.1, -0.05) is 66.9 Å². The highest BCUT2D eigenvalue weighted by Crippen LogP contribution is 2.28. The van der Waals surface area contributed by atoms with Crippen molar-refractivity contribution in [2.75, 3.05) is 0 Å². The molecule has 3 heteroatoms. The molecule has 0 bridgehead atoms. The molecule has 0 heterocycles. The van der Waals surface area contributed by atoms with Crippen molar-refractivity contribution < 1.29 is 0 Å². The molecule has 0 aliphatic rings. The zero-order valence-electron chi connectivity index (χ0n) is 11.6. The second-order valence-electron chi connectivity index (χ2n) is 5.00. The van der Waals surface area contributed by atoms with Crippen molar-refractivity contribution >= 4 is 23.2 Å². The monoisotopic (exact) mass is 307 g/mol. The van der Waals surface area contributed by atoms with Crippen molar-refractivity contribution in [2.45, 2.75) is 32.2 Å². The van der Waals surface area contributed by atoms with Gasteiger partial charge in [-0.15, -0.1) is 0 Å². The number of nitrogens with two attached hydrogens (primary N) is 1. The molecule has 106 valence electrons. The lowest BCUT2D eigenvalue weighted by Gasteiger charge is -2.15. The topological polar surface area (TPSA) is 26.0 Å². The van der Waals surface area contributed by atoms with Gasteiger partial charge in [-0.3, -0.25) is 0 Å². The molecule has 0 radical (unpaired) electrons. The molecule has 2 aromatic carbocycles. The van der Waals surface area contributed by atoms with Crippen LogP contribution >= 0.6 is 23.2 Å². The molecule has 2 N–H and O–H groups in total. The van der Waals surface area contributed by atoms with Crippen LogP contribution in [0.3, 0.4) is 0 Å². The normalized spacial score (nSPS) is 12.4. The van der Waals surface area contributed by atoms with E-state index < -0.39 is 0 Å². The number of rotatable bonds is 5. The maximum absolute atomic E-state index is 6.27. The van der Waals surface area contributed by atoms with Crippen LogP contribution in [0.1, 0.15) is 36.1 Å². The standard InChI is InChI=1S/C17H19Cl2N/c1-2-4-12-7-9-13(10-8-12)17(20)11-14-15(18)5-3-6-16(14)19/h3,5-10,17H,2,4,11,20H2,1H3. The molecule has 1 nitrogen and oxygen atoms in total. The van der Waals surface area contributed by atoms with Crippen molar-refractivity contribution in [3.63, 3.8) is 0 Å². The maximum Gasteiger partial charge on any atom is 0.0453 e. The summed E-state index contributed by atoms with van der Waals surface area (Å²) >= 11 is 12.4. The minimum atomic E-state index is -0.0944. The van der Waals surface area contributed by atoms with Crippen LogP contribution in [-0.2, 0) is 12.8 Å². The Morgan fingerprint density at radius 3 is 2.15 bits per heavy atom. The summed E-state index contributed by atoms with van der Waals surface area (Å²) in [4.78, 5) is 0. The molecule has 0 aromatic heterocycles. The van der Waals surface area contributed by atoms with Gasteiger partial charge in [-0.2, -0.15) is 0 Å². The van der Waals surface area contributed by atoms with Gasteiger partial charge in [0.1, 0.15) is 0 Å². The minimum absolute atomic E-state index is 0.0944. The van der Waals surface area contributed by atoms with Gasteiger partial charge >= 0.3 is 0 Å². The third-order valence-electron chi connectivity index (χ3n) is 3.43. The summed E-state index contributed by atoms with van der Waals surface area (Å²) < 4.78 is 0. The molecule has 0 saturated heterocycles. The quantitative estimate of drug-likeness (QED) is 0.808. The smallest absolute Gasteiger partial charge is 0.0453 e. The first-order chi connectivity index (χ1) is 9.61. The van der Waals surface area contributed by atoms with Crippen LogP contribution in [0.15, 0.2) is 42.5 Å². The molecule has 1 atom stereocenters. The summed E-state index contributed by atoms with van der Waals surface area (Å²) in [6.45, 7) is 2.18. The van der Waals surface area contributed by atoms with Gasteiger partial charge in [0.05, 0.1) is 0 Å². The van der Waals surface area contributed by atoms with Crippen molar-refractivity contribution in [3.8, 4) is 0 Å². The lowest BCUT2D eigenvalue weighted by atomic mass is 9.98. The summed E-state index contributed by atoms with van der Waals surface area (Å²) in [7, 11) is 0. The van der Waals surface area contributed by atoms with Gasteiger partial charge < -0.3 is 5.73 Å². The zero-order chi connectivity index (χ0) is 14.5. The van der Waals surface area contributed by atoms with Crippen LogP contribution in [0.4, 0.5) is 0 Å². The Labute approximate surface area is 130 Å². The van der Waals surface area contributed by atoms with E-state index in [1.807, 2.05) is 18.2 Å². The molecule has 2 rings (SSSR count). The SMILES string of the molecule is CCCc1ccc(C(N)Cc2c(Cl)cccc2Cl)cc1. The fraction of sp³-hybridized carbons (Fsp3) is 0.294. The van der Waals surface area contributed by atoms with E-state index in [9.17, 15) is 0 Å². The Balaban J connectivity index is 2.13. The first-order valence-corrected chi connectivity index (χ1v) is 7.64. The fourth-order valence-corrected chi connectivity index (χ4v) is 2.84. The van der Waals surface area contributed by atoms with Crippen LogP contribution in [-0.4, -0.2) is 0 Å². The van der Waals surface area contributed by atoms with Crippen LogP contribution in [0.5, 0.6) is 0 Å². The van der Waals surface area contributed by atoms with Crippen LogP contribution in [0.25, 0.3) is 0 Å². The highest BCUT2D eigenvalue weighted by Gasteiger charge is 2.12. The number of hydrogen-bond acceptors (Lipinski definition) is 1. The van der Waals surface area contributed by atoms with Gasteiger partial charge in [0.25, 0.3) is 0 Å². The summed E-state index contributed by atoms with van der Waals surface area (Å²) in [5, 5.41) is 1.35. The Morgan fingerprint density at radius 2 is 1.60 bits per heavy atom. The first kappa shape index (κ1) is 15.4. The Kier molecular flexibility index (Phi) is 5.47. The minimum Gasteiger partial charge on any atom is -0.324 e. The average Bonchev–Trinajstić information content (AvgIpc) is 2.44. The van der Waals surface area contributed by atoms with Gasteiger partial charge in [0, 0.05) is 16.1 Å². The third kappa shape index (κ3) is 3.76. The highest BCUT2D eigenvalue weighted by atomic mass is 35.5. The van der Waals surface area contributed by atoms with Gasteiger partial charge in [0.15, 0.2) is 0 Å². The molecular formula is C17H19Cl2N. The van der Waals surface area contributed by atoms with Crippen molar-refractivity contribution in [1.29, 1.82) is 0 Å². The molecule has 0 saturated carbocycles. The summed E-state index contributed by atoms with van der Waals surface area (Å²) in [6, 6.07) is 13.9. The van der Waals surface area contributed by atoms with Crippen molar-refractivity contribution in [1.82, 2.24) is 0 Å². The van der Waals surface area contributed by atoms with E-state index in [-0.39, 0.29) is 6.04 Å². The van der Waals surface area contributed by atoms with E-state index in [1.54, 1.807) is 0 Å². The largest absolute Gasteiger partial charge is 0.324 e. The number of aryl methyl sites for hydroxylation is 1. The average molecular weight is 308 g/mol. The summed E-state index contributed by atoms with van der Waals surface area (Å²) in [5.74, 6) is 0. The van der Waals surface area contributed by atoms with E-state index in [0.717, 1.165) is 24.0 Å². The van der Waals surface area contributed by atoms with Crippen LogP contribution < -0.4 is 5.73 Å². The molecule has 1 unspecified atom stereocenters. The number of benzene rings is 2. The zero-order valence-corrected chi connectivity index (χ0v) is 13.1. The number of hydrogen-bond donors (Lipinski definition) is 1. The van der Waals surface area contributed by atoms with Crippen molar-refractivity contribution in [2.24, 2.45) is 5.73 Å². The molecule has 0 aliphatic heterocycles. The van der Waals surface area contributed by atoms with E-state index in [1.165, 1.54) is 5.56 Å². The molecule has 0 spiro atoms. The first-order valence-electron chi connectivity index (χ1n) is 6.89. The van der Waals surface area contributed by atoms with Gasteiger partial charge in [-0.05, 0) is 41.7 Å². The van der Waals surface area contributed by atoms with E-state index >= 15 is 0 Å². The third-order valence-corrected chi connectivity index (χ3v) is 4.14. The molecule has 0 aliphatic carbocycles. The molecule has 0 fully saturated rings. The van der Waals surface area contributed by atoms with Crippen LogP contribution in [0, 0.1) is 0 Å². The summed E-state index contributed by atoms with van der Waals surface area (Å²) in [6.07, 6.45) is 2.90. The summed E-state index contributed by atoms with van der Waals surface area (Å²) in [5.41, 5.74) is 9.65. The predicted molar refractivity (Wildman–Crippen MR) is 87.5 cm³/mol. The van der Waals surface area contributed by atoms with Crippen molar-refractivity contribution in [3.05, 3.63) is 69.2 Å². The Bertz CT molecular complexity index is 543. The van der Waals surface area contributed by atoms with Gasteiger partial charge in [0.2, 0.25) is 0 Å². The predicted octanol–water partition coefficient (Wildman–Crippen LogP) is 5.19. The van der Waals surface area contributed by atoms with Gasteiger partial charge in [-0.25, -0.2) is 0 Å². The number of halogens is 2. The lowest BCUT2D eigenvalue weighted by Crippen LogP contribution is -2.14. The maximum atomic E-state index is 6.27. The second kappa shape index (κ2) is 7.12. The molecule has 20 heavy (non-hydrogen) atoms.